The zero-order chi connectivity index (χ0) is 46.4. The van der Waals surface area contributed by atoms with Gasteiger partial charge >= 0.3 is 47.8 Å². The maximum Gasteiger partial charge on any atom is 0.303 e. The zero-order valence-corrected chi connectivity index (χ0v) is 36.0. The molecule has 2 fully saturated rings. The second-order valence-corrected chi connectivity index (χ2v) is 14.5. The fraction of sp³-hybridized carbons (Fsp3) is 0.467. The van der Waals surface area contributed by atoms with E-state index >= 15 is 0 Å². The van der Waals surface area contributed by atoms with Gasteiger partial charge in [0.1, 0.15) is 37.6 Å². The molecule has 0 aliphatic carbocycles. The number of hydrogen-bond acceptors (Lipinski definition) is 18. The Bertz CT molecular complexity index is 2080. The maximum atomic E-state index is 12.3. The Morgan fingerprint density at radius 3 is 1.25 bits per heavy atom. The van der Waals surface area contributed by atoms with Gasteiger partial charge in [0.25, 0.3) is 0 Å². The van der Waals surface area contributed by atoms with E-state index in [1.54, 1.807) is 48.6 Å². The van der Waals surface area contributed by atoms with Gasteiger partial charge in [0.2, 0.25) is 0 Å². The van der Waals surface area contributed by atoms with Crippen molar-refractivity contribution in [2.24, 2.45) is 0 Å². The fourth-order valence-corrected chi connectivity index (χ4v) is 6.92. The van der Waals surface area contributed by atoms with Crippen molar-refractivity contribution < 1.29 is 85.7 Å². The predicted octanol–water partition coefficient (Wildman–Crippen LogP) is 3.41. The molecular formula is C45H50O18. The summed E-state index contributed by atoms with van der Waals surface area (Å²) in [5.41, 5.74) is 2.56. The predicted molar refractivity (Wildman–Crippen MR) is 215 cm³/mol. The molecule has 18 nitrogen and oxygen atoms in total. The van der Waals surface area contributed by atoms with E-state index < -0.39 is 109 Å². The number of esters is 8. The lowest BCUT2D eigenvalue weighted by Crippen LogP contribution is -2.62. The monoisotopic (exact) mass is 878 g/mol. The summed E-state index contributed by atoms with van der Waals surface area (Å²) in [4.78, 5) is 96.1. The Balaban J connectivity index is 1.52. The van der Waals surface area contributed by atoms with Gasteiger partial charge in [0.15, 0.2) is 36.6 Å². The average molecular weight is 879 g/mol. The average Bonchev–Trinajstić information content (AvgIpc) is 3.19. The van der Waals surface area contributed by atoms with Crippen LogP contribution in [0.3, 0.4) is 0 Å². The van der Waals surface area contributed by atoms with Gasteiger partial charge in [-0.3, -0.25) is 38.4 Å². The number of ether oxygens (including phenoxy) is 10. The van der Waals surface area contributed by atoms with Crippen LogP contribution in [0, 0.1) is 11.8 Å². The fourth-order valence-electron chi connectivity index (χ4n) is 6.92. The standard InChI is InChI=1S/C45H50O18/c1-24(46)54-22-37-41(57-27(4)49)44(60-30(7)52)40(56-26(3)48)36(62-37)11-9-10-32-12-14-33(15-13-32)16-17-34-18-20-35(21-19-34)39-43(59-29(6)51)45(61-31(8)53)42(58-28(5)50)38(63-39)23-55-25(2)47/h9-10,12-15,18-21,36-45H,11,22-23H2,1-8H3/b10-9+/t36-,37-,38-,39-,40-,41-,42-,43-,44-,45+/m1/s1. The molecule has 0 unspecified atom stereocenters. The van der Waals surface area contributed by atoms with Gasteiger partial charge in [0.05, 0.1) is 0 Å². The van der Waals surface area contributed by atoms with E-state index in [4.69, 9.17) is 47.4 Å². The molecule has 2 aromatic carbocycles. The number of carbonyl (C=O) groups excluding carboxylic acids is 8. The third-order valence-electron chi connectivity index (χ3n) is 9.26. The van der Waals surface area contributed by atoms with Crippen LogP contribution in [0.15, 0.2) is 54.6 Å². The van der Waals surface area contributed by atoms with E-state index in [9.17, 15) is 38.4 Å². The molecule has 0 saturated carbocycles. The van der Waals surface area contributed by atoms with E-state index in [-0.39, 0.29) is 19.6 Å². The Hall–Kier alpha value is -6.58. The van der Waals surface area contributed by atoms with Crippen molar-refractivity contribution in [3.05, 3.63) is 76.9 Å². The van der Waals surface area contributed by atoms with Crippen molar-refractivity contribution in [1.29, 1.82) is 0 Å². The molecule has 0 radical (unpaired) electrons. The molecule has 0 amide bonds. The van der Waals surface area contributed by atoms with Crippen molar-refractivity contribution in [1.82, 2.24) is 0 Å². The van der Waals surface area contributed by atoms with Crippen molar-refractivity contribution >= 4 is 53.8 Å². The second-order valence-electron chi connectivity index (χ2n) is 14.5. The van der Waals surface area contributed by atoms with Gasteiger partial charge in [-0.1, -0.05) is 48.3 Å². The smallest absolute Gasteiger partial charge is 0.303 e. The molecule has 2 aliphatic heterocycles. The molecule has 18 heteroatoms. The van der Waals surface area contributed by atoms with Crippen LogP contribution in [-0.4, -0.2) is 116 Å². The summed E-state index contributed by atoms with van der Waals surface area (Å²) >= 11 is 0. The summed E-state index contributed by atoms with van der Waals surface area (Å²) in [6, 6.07) is 14.0. The number of carbonyl (C=O) groups is 8. The lowest BCUT2D eigenvalue weighted by atomic mass is 9.90. The number of hydrogen-bond donors (Lipinski definition) is 0. The first kappa shape index (κ1) is 49.1. The van der Waals surface area contributed by atoms with E-state index in [0.717, 1.165) is 33.3 Å². The van der Waals surface area contributed by atoms with Crippen LogP contribution in [0.2, 0.25) is 0 Å². The van der Waals surface area contributed by atoms with Gasteiger partial charge in [-0.2, -0.15) is 0 Å². The molecular weight excluding hydrogens is 828 g/mol. The largest absolute Gasteiger partial charge is 0.463 e. The summed E-state index contributed by atoms with van der Waals surface area (Å²) in [6.07, 6.45) is -7.90. The van der Waals surface area contributed by atoms with Crippen molar-refractivity contribution in [3.63, 3.8) is 0 Å². The van der Waals surface area contributed by atoms with Gasteiger partial charge in [-0.15, -0.1) is 0 Å². The van der Waals surface area contributed by atoms with Crippen LogP contribution in [0.25, 0.3) is 6.08 Å². The highest BCUT2D eigenvalue weighted by Gasteiger charge is 2.53. The molecule has 2 aliphatic rings. The van der Waals surface area contributed by atoms with E-state index in [1.165, 1.54) is 27.7 Å². The van der Waals surface area contributed by atoms with Gasteiger partial charge in [0, 0.05) is 66.5 Å². The lowest BCUT2D eigenvalue weighted by molar-refractivity contribution is -0.254. The van der Waals surface area contributed by atoms with Gasteiger partial charge in [-0.25, -0.2) is 0 Å². The highest BCUT2D eigenvalue weighted by Crippen LogP contribution is 2.38. The van der Waals surface area contributed by atoms with Crippen molar-refractivity contribution in [2.75, 3.05) is 13.2 Å². The summed E-state index contributed by atoms with van der Waals surface area (Å²) in [5.74, 6) is 0.629. The minimum Gasteiger partial charge on any atom is -0.463 e. The van der Waals surface area contributed by atoms with Crippen LogP contribution in [0.1, 0.15) is 90.2 Å². The molecule has 4 rings (SSSR count). The number of rotatable bonds is 14. The summed E-state index contributed by atoms with van der Waals surface area (Å²) in [6.45, 7) is 8.66. The summed E-state index contributed by atoms with van der Waals surface area (Å²) < 4.78 is 55.7. The molecule has 10 atom stereocenters. The van der Waals surface area contributed by atoms with E-state index in [1.807, 2.05) is 12.1 Å². The molecule has 338 valence electrons. The van der Waals surface area contributed by atoms with Crippen molar-refractivity contribution in [3.8, 4) is 11.8 Å². The summed E-state index contributed by atoms with van der Waals surface area (Å²) in [5, 5.41) is 0. The molecule has 2 heterocycles. The molecule has 2 saturated heterocycles. The Morgan fingerprint density at radius 2 is 0.825 bits per heavy atom. The topological polar surface area (TPSA) is 229 Å². The van der Waals surface area contributed by atoms with E-state index in [2.05, 4.69) is 11.8 Å². The Kier molecular flexibility index (Phi) is 17.9. The highest BCUT2D eigenvalue weighted by molar-refractivity contribution is 5.70. The molecule has 0 spiro atoms. The Labute approximate surface area is 363 Å². The normalized spacial score (nSPS) is 25.2. The maximum absolute atomic E-state index is 12.3. The van der Waals surface area contributed by atoms with Crippen LogP contribution < -0.4 is 0 Å². The Morgan fingerprint density at radius 1 is 0.460 bits per heavy atom. The van der Waals surface area contributed by atoms with Crippen molar-refractivity contribution in [2.45, 2.75) is 123 Å². The minimum atomic E-state index is -1.31. The van der Waals surface area contributed by atoms with E-state index in [0.29, 0.717) is 16.7 Å². The van der Waals surface area contributed by atoms with Crippen LogP contribution >= 0.6 is 0 Å². The van der Waals surface area contributed by atoms with Gasteiger partial charge in [-0.05, 0) is 41.8 Å². The highest BCUT2D eigenvalue weighted by atomic mass is 16.7. The third kappa shape index (κ3) is 15.1. The molecule has 0 N–H and O–H groups in total. The second kappa shape index (κ2) is 23.0. The van der Waals surface area contributed by atoms with Gasteiger partial charge < -0.3 is 47.4 Å². The lowest BCUT2D eigenvalue weighted by Gasteiger charge is -2.44. The molecule has 2 aromatic rings. The van der Waals surface area contributed by atoms with Crippen LogP contribution in [-0.2, 0) is 85.7 Å². The van der Waals surface area contributed by atoms with Crippen LogP contribution in [0.4, 0.5) is 0 Å². The third-order valence-corrected chi connectivity index (χ3v) is 9.26. The number of benzene rings is 2. The molecule has 0 bridgehead atoms. The van der Waals surface area contributed by atoms with Crippen LogP contribution in [0.5, 0.6) is 0 Å². The first-order chi connectivity index (χ1) is 29.8. The first-order valence-electron chi connectivity index (χ1n) is 19.8. The quantitative estimate of drug-likeness (QED) is 0.150. The molecule has 0 aromatic heterocycles. The first-order valence-corrected chi connectivity index (χ1v) is 19.8. The SMILES string of the molecule is CC(=O)OC[C@H]1O[C@H](C/C=C/c2ccc(C#Cc3ccc([C@H]4O[C@H](COC(C)=O)[C@@H](OC(C)=O)[C@H](OC(C)=O)[C@@H]4OC(C)=O)cc3)cc2)[C@@H](OC(C)=O)[C@@H](OC(C)=O)[C@@H]1OC(C)=O. The molecule has 63 heavy (non-hydrogen) atoms. The zero-order valence-electron chi connectivity index (χ0n) is 36.0. The minimum absolute atomic E-state index is 0.147. The summed E-state index contributed by atoms with van der Waals surface area (Å²) in [7, 11) is 0.